The normalized spacial score (nSPS) is 19.1. The van der Waals surface area contributed by atoms with E-state index in [9.17, 15) is 14.4 Å². The van der Waals surface area contributed by atoms with E-state index in [-0.39, 0.29) is 11.6 Å². The maximum atomic E-state index is 13.6. The van der Waals surface area contributed by atoms with Crippen LogP contribution in [-0.2, 0) is 16.1 Å². The van der Waals surface area contributed by atoms with Crippen molar-refractivity contribution in [2.24, 2.45) is 16.8 Å². The molecule has 2 aromatic carbocycles. The summed E-state index contributed by atoms with van der Waals surface area (Å²) in [5.74, 6) is -1.29. The van der Waals surface area contributed by atoms with Gasteiger partial charge in [0.25, 0.3) is 0 Å². The number of nitrogens with one attached hydrogen (secondary N) is 1. The summed E-state index contributed by atoms with van der Waals surface area (Å²) in [7, 11) is 1.27. The predicted octanol–water partition coefficient (Wildman–Crippen LogP) is 5.98. The van der Waals surface area contributed by atoms with Crippen molar-refractivity contribution in [1.82, 2.24) is 25.4 Å². The number of carbonyl (C=O) groups excluding carboxylic acids is 3. The number of unbranched alkanes of at least 4 members (excludes halogenated alkanes) is 2. The molecule has 2 unspecified atom stereocenters. The fourth-order valence-electron chi connectivity index (χ4n) is 6.54. The summed E-state index contributed by atoms with van der Waals surface area (Å²) in [6, 6.07) is 11.8. The molecule has 0 radical (unpaired) electrons. The van der Waals surface area contributed by atoms with Crippen molar-refractivity contribution in [1.29, 1.82) is 0 Å². The Hall–Kier alpha value is -4.32. The number of amides is 4. The molecule has 0 bridgehead atoms. The van der Waals surface area contributed by atoms with E-state index in [1.807, 2.05) is 0 Å². The molecule has 1 fully saturated rings. The molecule has 3 heterocycles. The van der Waals surface area contributed by atoms with Crippen LogP contribution in [-0.4, -0.2) is 83.7 Å². The first-order chi connectivity index (χ1) is 22.8. The van der Waals surface area contributed by atoms with Gasteiger partial charge in [-0.3, -0.25) is 9.69 Å². The highest BCUT2D eigenvalue weighted by Gasteiger charge is 2.46. The number of benzene rings is 2. The Bertz CT molecular complexity index is 1540. The van der Waals surface area contributed by atoms with Crippen LogP contribution in [0.3, 0.4) is 0 Å². The standard InChI is InChI=1S/C35H47N7O5/c1-5-7-17-41(18-8-6-2)28-12-9-26(10-13-28)23-40-19-15-25(16-20-40)22-36-34(44)42-32(27-11-14-29-30(21-27)39-47-38-29)31(33(43)46-4)24(3)37-35(42)45/h9-14,21,25,31-32H,5-8,15-20,22-23H2,1-4H3,(H,36,44). The first kappa shape index (κ1) is 34.0. The zero-order valence-electron chi connectivity index (χ0n) is 28.0. The molecule has 2 aliphatic rings. The molecule has 1 aromatic heterocycles. The number of fused-ring (bicyclic) bond motifs is 1. The fourth-order valence-corrected chi connectivity index (χ4v) is 6.54. The first-order valence-corrected chi connectivity index (χ1v) is 16.8. The first-order valence-electron chi connectivity index (χ1n) is 16.8. The van der Waals surface area contributed by atoms with Crippen LogP contribution in [0.4, 0.5) is 15.3 Å². The number of piperidine rings is 1. The molecule has 0 aliphatic carbocycles. The van der Waals surface area contributed by atoms with Gasteiger partial charge in [0.2, 0.25) is 0 Å². The van der Waals surface area contributed by atoms with Gasteiger partial charge in [0.1, 0.15) is 17.0 Å². The lowest BCUT2D eigenvalue weighted by atomic mass is 9.87. The van der Waals surface area contributed by atoms with Gasteiger partial charge in [0.15, 0.2) is 0 Å². The lowest BCUT2D eigenvalue weighted by Gasteiger charge is -2.37. The summed E-state index contributed by atoms with van der Waals surface area (Å²) >= 11 is 0. The molecule has 47 heavy (non-hydrogen) atoms. The second-order valence-corrected chi connectivity index (χ2v) is 12.6. The molecule has 5 rings (SSSR count). The van der Waals surface area contributed by atoms with Crippen LogP contribution < -0.4 is 10.2 Å². The monoisotopic (exact) mass is 645 g/mol. The van der Waals surface area contributed by atoms with Gasteiger partial charge in [0.05, 0.1) is 13.2 Å². The maximum Gasteiger partial charge on any atom is 0.352 e. The van der Waals surface area contributed by atoms with E-state index in [1.54, 1.807) is 25.1 Å². The van der Waals surface area contributed by atoms with Crippen molar-refractivity contribution < 1.29 is 23.7 Å². The van der Waals surface area contributed by atoms with Gasteiger partial charge in [-0.1, -0.05) is 44.9 Å². The van der Waals surface area contributed by atoms with Crippen LogP contribution in [0.5, 0.6) is 0 Å². The van der Waals surface area contributed by atoms with E-state index >= 15 is 0 Å². The zero-order valence-corrected chi connectivity index (χ0v) is 28.0. The van der Waals surface area contributed by atoms with E-state index in [1.165, 1.54) is 44.0 Å². The fraction of sp³-hybridized carbons (Fsp3) is 0.543. The number of imide groups is 1. The molecule has 2 aliphatic heterocycles. The largest absolute Gasteiger partial charge is 0.468 e. The number of ether oxygens (including phenoxy) is 1. The van der Waals surface area contributed by atoms with Crippen LogP contribution in [0, 0.1) is 11.8 Å². The Morgan fingerprint density at radius 3 is 2.34 bits per heavy atom. The van der Waals surface area contributed by atoms with E-state index in [0.717, 1.165) is 50.5 Å². The summed E-state index contributed by atoms with van der Waals surface area (Å²) in [6.07, 6.45) is 6.65. The van der Waals surface area contributed by atoms with E-state index in [0.29, 0.717) is 23.1 Å². The number of methoxy groups -OCH3 is 1. The van der Waals surface area contributed by atoms with E-state index in [2.05, 4.69) is 68.5 Å². The molecule has 252 valence electrons. The number of esters is 1. The summed E-state index contributed by atoms with van der Waals surface area (Å²) < 4.78 is 9.88. The number of aliphatic imine (C=N–C) groups is 1. The maximum absolute atomic E-state index is 13.6. The van der Waals surface area contributed by atoms with Crippen LogP contribution in [0.25, 0.3) is 11.0 Å². The minimum Gasteiger partial charge on any atom is -0.468 e. The Morgan fingerprint density at radius 1 is 1.00 bits per heavy atom. The van der Waals surface area contributed by atoms with Gasteiger partial charge in [-0.25, -0.2) is 24.1 Å². The highest BCUT2D eigenvalue weighted by atomic mass is 16.6. The minimum absolute atomic E-state index is 0.265. The van der Waals surface area contributed by atoms with Gasteiger partial charge in [-0.05, 0) is 97.3 Å². The summed E-state index contributed by atoms with van der Waals surface area (Å²) in [5.41, 5.74) is 4.37. The van der Waals surface area contributed by atoms with Gasteiger partial charge < -0.3 is 15.0 Å². The summed E-state index contributed by atoms with van der Waals surface area (Å²) in [4.78, 5) is 49.7. The molecule has 2 atom stereocenters. The van der Waals surface area contributed by atoms with Crippen LogP contribution >= 0.6 is 0 Å². The van der Waals surface area contributed by atoms with Crippen molar-refractivity contribution in [3.63, 3.8) is 0 Å². The van der Waals surface area contributed by atoms with Crippen molar-refractivity contribution in [3.05, 3.63) is 53.6 Å². The van der Waals surface area contributed by atoms with E-state index < -0.39 is 30.0 Å². The molecule has 4 amide bonds. The average Bonchev–Trinajstić information content (AvgIpc) is 3.56. The number of aromatic nitrogens is 2. The van der Waals surface area contributed by atoms with Gasteiger partial charge in [0, 0.05) is 37.6 Å². The molecule has 12 heteroatoms. The second-order valence-electron chi connectivity index (χ2n) is 12.6. The second kappa shape index (κ2) is 16.0. The van der Waals surface area contributed by atoms with Gasteiger partial charge in [-0.2, -0.15) is 0 Å². The van der Waals surface area contributed by atoms with Gasteiger partial charge in [-0.15, -0.1) is 0 Å². The Labute approximate surface area is 276 Å². The van der Waals surface area contributed by atoms with Crippen molar-refractivity contribution in [3.8, 4) is 0 Å². The van der Waals surface area contributed by atoms with Crippen LogP contribution in [0.15, 0.2) is 52.1 Å². The lowest BCUT2D eigenvalue weighted by Crippen LogP contribution is -2.53. The molecule has 3 aromatic rings. The number of carbonyl (C=O) groups is 3. The lowest BCUT2D eigenvalue weighted by molar-refractivity contribution is -0.144. The smallest absolute Gasteiger partial charge is 0.352 e. The molecule has 12 nitrogen and oxygen atoms in total. The van der Waals surface area contributed by atoms with Crippen molar-refractivity contribution >= 4 is 40.5 Å². The number of rotatable bonds is 13. The molecule has 0 spiro atoms. The molecule has 0 saturated carbocycles. The molecule has 1 saturated heterocycles. The number of anilines is 1. The van der Waals surface area contributed by atoms with Crippen molar-refractivity contribution in [2.45, 2.75) is 71.9 Å². The third kappa shape index (κ3) is 8.16. The third-order valence-electron chi connectivity index (χ3n) is 9.34. The third-order valence-corrected chi connectivity index (χ3v) is 9.34. The summed E-state index contributed by atoms with van der Waals surface area (Å²) in [6.45, 7) is 11.4. The SMILES string of the molecule is CCCCN(CCCC)c1ccc(CN2CCC(CNC(=O)N3C(=O)N=C(C)C(C(=O)OC)C3c3ccc4nonc4c3)CC2)cc1. The number of hydrogen-bond donors (Lipinski definition) is 1. The molecular weight excluding hydrogens is 598 g/mol. The Morgan fingerprint density at radius 2 is 1.68 bits per heavy atom. The van der Waals surface area contributed by atoms with Crippen LogP contribution in [0.1, 0.15) is 76.5 Å². The highest BCUT2D eigenvalue weighted by molar-refractivity contribution is 6.11. The molecular formula is C35H47N7O5. The number of urea groups is 2. The Balaban J connectivity index is 1.18. The van der Waals surface area contributed by atoms with E-state index in [4.69, 9.17) is 9.37 Å². The minimum atomic E-state index is -0.966. The average molecular weight is 646 g/mol. The number of nitrogens with zero attached hydrogens (tertiary/aromatic N) is 6. The van der Waals surface area contributed by atoms with Crippen LogP contribution in [0.2, 0.25) is 0 Å². The summed E-state index contributed by atoms with van der Waals surface area (Å²) in [5, 5.41) is 10.7. The predicted molar refractivity (Wildman–Crippen MR) is 180 cm³/mol. The Kier molecular flexibility index (Phi) is 11.6. The number of likely N-dealkylation sites (tertiary alicyclic amines) is 1. The highest BCUT2D eigenvalue weighted by Crippen LogP contribution is 2.36. The zero-order chi connectivity index (χ0) is 33.3. The number of hydrogen-bond acceptors (Lipinski definition) is 9. The molecule has 1 N–H and O–H groups in total. The quantitative estimate of drug-likeness (QED) is 0.223. The van der Waals surface area contributed by atoms with Crippen molar-refractivity contribution in [2.75, 3.05) is 44.7 Å². The topological polar surface area (TPSA) is 133 Å². The van der Waals surface area contributed by atoms with Gasteiger partial charge >= 0.3 is 18.0 Å².